The Balaban J connectivity index is 1.69. The highest BCUT2D eigenvalue weighted by molar-refractivity contribution is 9.10. The summed E-state index contributed by atoms with van der Waals surface area (Å²) < 4.78 is 1.02. The van der Waals surface area contributed by atoms with Crippen LogP contribution in [0.1, 0.15) is 12.8 Å². The van der Waals surface area contributed by atoms with Crippen molar-refractivity contribution in [2.24, 2.45) is 0 Å². The van der Waals surface area contributed by atoms with Gasteiger partial charge >= 0.3 is 0 Å². The molecule has 1 fully saturated rings. The quantitative estimate of drug-likeness (QED) is 0.674. The Labute approximate surface area is 148 Å². The Morgan fingerprint density at radius 3 is 2.58 bits per heavy atom. The average Bonchev–Trinajstić information content (AvgIpc) is 3.39. The minimum absolute atomic E-state index is 0.497. The van der Waals surface area contributed by atoms with E-state index in [1.54, 1.807) is 12.4 Å². The second kappa shape index (κ2) is 6.57. The molecule has 0 bridgehead atoms. The normalized spacial score (nSPS) is 13.5. The van der Waals surface area contributed by atoms with Gasteiger partial charge in [-0.3, -0.25) is 4.98 Å². The molecule has 120 valence electrons. The maximum absolute atomic E-state index is 4.64. The van der Waals surface area contributed by atoms with Crippen LogP contribution in [0.5, 0.6) is 0 Å². The highest BCUT2D eigenvalue weighted by Crippen LogP contribution is 2.27. The topological polar surface area (TPSA) is 62.7 Å². The third kappa shape index (κ3) is 3.71. The molecule has 0 saturated heterocycles. The van der Waals surface area contributed by atoms with E-state index in [2.05, 4.69) is 41.5 Å². The number of nitrogens with zero attached hydrogens (tertiary/aromatic N) is 3. The first-order valence-electron chi connectivity index (χ1n) is 7.85. The van der Waals surface area contributed by atoms with Crippen LogP contribution in [-0.4, -0.2) is 21.0 Å². The SMILES string of the molecule is Brc1cccc(Nc2cc(-c3ccncc3)nc(NC3CC3)n2)c1. The Kier molecular flexibility index (Phi) is 4.13. The number of hydrogen-bond acceptors (Lipinski definition) is 5. The predicted octanol–water partition coefficient (Wildman–Crippen LogP) is 4.62. The first-order chi connectivity index (χ1) is 11.8. The van der Waals surface area contributed by atoms with Crippen LogP contribution in [0.25, 0.3) is 11.3 Å². The zero-order chi connectivity index (χ0) is 16.4. The van der Waals surface area contributed by atoms with Crippen LogP contribution in [-0.2, 0) is 0 Å². The molecule has 0 spiro atoms. The fraction of sp³-hybridized carbons (Fsp3) is 0.167. The first kappa shape index (κ1) is 15.1. The number of anilines is 3. The zero-order valence-electron chi connectivity index (χ0n) is 12.9. The summed E-state index contributed by atoms with van der Waals surface area (Å²) >= 11 is 3.49. The van der Waals surface area contributed by atoms with Crippen LogP contribution in [0.15, 0.2) is 59.3 Å². The maximum Gasteiger partial charge on any atom is 0.225 e. The molecule has 0 aliphatic heterocycles. The van der Waals surface area contributed by atoms with Gasteiger partial charge in [-0.25, -0.2) is 4.98 Å². The molecule has 0 atom stereocenters. The largest absolute Gasteiger partial charge is 0.351 e. The highest BCUT2D eigenvalue weighted by Gasteiger charge is 2.22. The van der Waals surface area contributed by atoms with Crippen LogP contribution in [0, 0.1) is 0 Å². The number of pyridine rings is 1. The summed E-state index contributed by atoms with van der Waals surface area (Å²) in [6.45, 7) is 0. The van der Waals surface area contributed by atoms with Crippen LogP contribution in [0.3, 0.4) is 0 Å². The number of hydrogen-bond donors (Lipinski definition) is 2. The molecule has 24 heavy (non-hydrogen) atoms. The average molecular weight is 382 g/mol. The van der Waals surface area contributed by atoms with E-state index in [1.807, 2.05) is 42.5 Å². The van der Waals surface area contributed by atoms with Crippen molar-refractivity contribution < 1.29 is 0 Å². The molecule has 3 aromatic rings. The van der Waals surface area contributed by atoms with Gasteiger partial charge in [0.05, 0.1) is 5.69 Å². The number of halogens is 1. The van der Waals surface area contributed by atoms with E-state index in [4.69, 9.17) is 0 Å². The summed E-state index contributed by atoms with van der Waals surface area (Å²) in [4.78, 5) is 13.3. The fourth-order valence-electron chi connectivity index (χ4n) is 2.37. The molecule has 0 unspecified atom stereocenters. The van der Waals surface area contributed by atoms with Crippen LogP contribution in [0.2, 0.25) is 0 Å². The summed E-state index contributed by atoms with van der Waals surface area (Å²) in [6, 6.07) is 14.4. The van der Waals surface area contributed by atoms with E-state index >= 15 is 0 Å². The second-order valence-corrected chi connectivity index (χ2v) is 6.67. The summed E-state index contributed by atoms with van der Waals surface area (Å²) in [5.74, 6) is 1.42. The maximum atomic E-state index is 4.64. The Hall–Kier alpha value is -2.47. The number of aromatic nitrogens is 3. The molecule has 4 rings (SSSR count). The molecule has 5 nitrogen and oxygen atoms in total. The van der Waals surface area contributed by atoms with Gasteiger partial charge in [0.15, 0.2) is 0 Å². The van der Waals surface area contributed by atoms with Gasteiger partial charge in [-0.15, -0.1) is 0 Å². The van der Waals surface area contributed by atoms with Crippen molar-refractivity contribution in [3.05, 3.63) is 59.3 Å². The molecule has 1 saturated carbocycles. The molecular weight excluding hydrogens is 366 g/mol. The predicted molar refractivity (Wildman–Crippen MR) is 99.3 cm³/mol. The Morgan fingerprint density at radius 1 is 1.00 bits per heavy atom. The standard InChI is InChI=1S/C18H16BrN5/c19-13-2-1-3-15(10-13)21-17-11-16(12-6-8-20-9-7-12)23-18(24-17)22-14-4-5-14/h1-3,6-11,14H,4-5H2,(H2,21,22,23,24). The van der Waals surface area contributed by atoms with Gasteiger partial charge in [0, 0.05) is 40.2 Å². The summed E-state index contributed by atoms with van der Waals surface area (Å²) in [7, 11) is 0. The van der Waals surface area contributed by atoms with Gasteiger partial charge in [0.2, 0.25) is 5.95 Å². The number of rotatable bonds is 5. The van der Waals surface area contributed by atoms with Crippen molar-refractivity contribution in [2.75, 3.05) is 10.6 Å². The summed E-state index contributed by atoms with van der Waals surface area (Å²) in [5.41, 5.74) is 2.86. The van der Waals surface area contributed by atoms with E-state index in [0.717, 1.165) is 27.2 Å². The highest BCUT2D eigenvalue weighted by atomic mass is 79.9. The van der Waals surface area contributed by atoms with E-state index in [9.17, 15) is 0 Å². The lowest BCUT2D eigenvalue weighted by atomic mass is 10.2. The van der Waals surface area contributed by atoms with E-state index in [0.29, 0.717) is 12.0 Å². The van der Waals surface area contributed by atoms with Crippen molar-refractivity contribution in [2.45, 2.75) is 18.9 Å². The minimum Gasteiger partial charge on any atom is -0.351 e. The molecular formula is C18H16BrN5. The van der Waals surface area contributed by atoms with Gasteiger partial charge < -0.3 is 10.6 Å². The van der Waals surface area contributed by atoms with Crippen LogP contribution >= 0.6 is 15.9 Å². The molecule has 1 aliphatic rings. The summed E-state index contributed by atoms with van der Waals surface area (Å²) in [6.07, 6.45) is 5.90. The lowest BCUT2D eigenvalue weighted by Gasteiger charge is -2.11. The Bertz CT molecular complexity index is 849. The smallest absolute Gasteiger partial charge is 0.225 e. The number of nitrogens with one attached hydrogen (secondary N) is 2. The molecule has 1 aliphatic carbocycles. The van der Waals surface area contributed by atoms with Gasteiger partial charge in [-0.05, 0) is 43.2 Å². The lowest BCUT2D eigenvalue weighted by Crippen LogP contribution is -2.07. The molecule has 2 N–H and O–H groups in total. The third-order valence-electron chi connectivity index (χ3n) is 3.71. The van der Waals surface area contributed by atoms with Crippen molar-refractivity contribution in [3.63, 3.8) is 0 Å². The molecule has 0 amide bonds. The van der Waals surface area contributed by atoms with E-state index < -0.39 is 0 Å². The Morgan fingerprint density at radius 2 is 1.83 bits per heavy atom. The minimum atomic E-state index is 0.497. The monoisotopic (exact) mass is 381 g/mol. The molecule has 1 aromatic carbocycles. The molecule has 2 heterocycles. The van der Waals surface area contributed by atoms with Gasteiger partial charge in [-0.2, -0.15) is 4.98 Å². The first-order valence-corrected chi connectivity index (χ1v) is 8.64. The van der Waals surface area contributed by atoms with E-state index in [-0.39, 0.29) is 0 Å². The fourth-order valence-corrected chi connectivity index (χ4v) is 2.77. The van der Waals surface area contributed by atoms with Crippen LogP contribution < -0.4 is 10.6 Å². The lowest BCUT2D eigenvalue weighted by molar-refractivity contribution is 1.06. The second-order valence-electron chi connectivity index (χ2n) is 5.75. The van der Waals surface area contributed by atoms with Gasteiger partial charge in [-0.1, -0.05) is 22.0 Å². The number of benzene rings is 1. The van der Waals surface area contributed by atoms with Crippen molar-refractivity contribution in [1.82, 2.24) is 15.0 Å². The van der Waals surface area contributed by atoms with Gasteiger partial charge in [0.25, 0.3) is 0 Å². The van der Waals surface area contributed by atoms with Crippen molar-refractivity contribution in [1.29, 1.82) is 0 Å². The molecule has 0 radical (unpaired) electrons. The molecule has 2 aromatic heterocycles. The van der Waals surface area contributed by atoms with Crippen molar-refractivity contribution in [3.8, 4) is 11.3 Å². The van der Waals surface area contributed by atoms with Gasteiger partial charge in [0.1, 0.15) is 5.82 Å². The summed E-state index contributed by atoms with van der Waals surface area (Å²) in [5, 5.41) is 6.73. The third-order valence-corrected chi connectivity index (χ3v) is 4.20. The van der Waals surface area contributed by atoms with Crippen molar-refractivity contribution >= 4 is 33.4 Å². The van der Waals surface area contributed by atoms with Crippen LogP contribution in [0.4, 0.5) is 17.5 Å². The molecule has 6 heteroatoms. The van der Waals surface area contributed by atoms with E-state index in [1.165, 1.54) is 12.8 Å². The zero-order valence-corrected chi connectivity index (χ0v) is 14.5.